The van der Waals surface area contributed by atoms with E-state index in [1.807, 2.05) is 6.92 Å². The smallest absolute Gasteiger partial charge is 0.227 e. The number of rotatable bonds is 3. The van der Waals surface area contributed by atoms with E-state index in [4.69, 9.17) is 10.2 Å². The van der Waals surface area contributed by atoms with Gasteiger partial charge < -0.3 is 15.3 Å². The van der Waals surface area contributed by atoms with Gasteiger partial charge in [-0.3, -0.25) is 0 Å². The van der Waals surface area contributed by atoms with Crippen molar-refractivity contribution in [2.24, 2.45) is 5.73 Å². The molecule has 0 amide bonds. The van der Waals surface area contributed by atoms with Crippen LogP contribution in [0, 0.1) is 0 Å². The normalized spacial score (nSPS) is 15.4. The number of hydrogen-bond donors (Lipinski definition) is 2. The topological polar surface area (TPSA) is 85.2 Å². The number of aliphatic hydroxyl groups excluding tert-OH is 1. The van der Waals surface area contributed by atoms with Gasteiger partial charge in [0.05, 0.1) is 0 Å². The molecule has 2 heterocycles. The van der Waals surface area contributed by atoms with Gasteiger partial charge in [-0.05, 0) is 18.6 Å². The fraction of sp³-hybridized carbons (Fsp3) is 0.400. The van der Waals surface area contributed by atoms with E-state index in [-0.39, 0.29) is 11.9 Å². The third-order valence-corrected chi connectivity index (χ3v) is 2.31. The molecule has 2 aromatic rings. The maximum atomic E-state index is 9.78. The van der Waals surface area contributed by atoms with Gasteiger partial charge in [0, 0.05) is 12.2 Å². The lowest BCUT2D eigenvalue weighted by Gasteiger charge is -2.12. The zero-order valence-corrected chi connectivity index (χ0v) is 8.42. The van der Waals surface area contributed by atoms with Crippen molar-refractivity contribution >= 4 is 11.2 Å². The van der Waals surface area contributed by atoms with E-state index in [0.717, 1.165) is 0 Å². The summed E-state index contributed by atoms with van der Waals surface area (Å²) < 4.78 is 5.35. The summed E-state index contributed by atoms with van der Waals surface area (Å²) in [6.45, 7) is 1.90. The second-order valence-corrected chi connectivity index (χ2v) is 3.39. The zero-order valence-electron chi connectivity index (χ0n) is 8.42. The highest BCUT2D eigenvalue weighted by Gasteiger charge is 2.21. The number of nitrogens with two attached hydrogens (primary N) is 1. The standard InChI is InChI=1S/C10H13N3O2/c1-2-6(11)8(14)10-13-9-7(15-10)4-3-5-12-9/h3-6,8,14H,2,11H2,1H3/t6-,8?/m0/s1. The highest BCUT2D eigenvalue weighted by Crippen LogP contribution is 2.20. The minimum atomic E-state index is -0.871. The monoisotopic (exact) mass is 207 g/mol. The Morgan fingerprint density at radius 1 is 1.60 bits per heavy atom. The van der Waals surface area contributed by atoms with Crippen LogP contribution in [0.2, 0.25) is 0 Å². The Bertz CT molecular complexity index is 422. The molecule has 5 heteroatoms. The fourth-order valence-electron chi connectivity index (χ4n) is 1.32. The zero-order chi connectivity index (χ0) is 10.8. The van der Waals surface area contributed by atoms with Crippen LogP contribution < -0.4 is 5.73 Å². The molecule has 0 aliphatic carbocycles. The van der Waals surface area contributed by atoms with E-state index in [1.54, 1.807) is 18.3 Å². The third-order valence-electron chi connectivity index (χ3n) is 2.31. The van der Waals surface area contributed by atoms with E-state index in [9.17, 15) is 5.11 Å². The number of nitrogens with zero attached hydrogens (tertiary/aromatic N) is 2. The molecule has 3 N–H and O–H groups in total. The van der Waals surface area contributed by atoms with Crippen LogP contribution in [-0.4, -0.2) is 21.1 Å². The Balaban J connectivity index is 2.36. The highest BCUT2D eigenvalue weighted by atomic mass is 16.4. The second-order valence-electron chi connectivity index (χ2n) is 3.39. The van der Waals surface area contributed by atoms with Gasteiger partial charge in [0.1, 0.15) is 6.10 Å². The Hall–Kier alpha value is -1.46. The molecular weight excluding hydrogens is 194 g/mol. The van der Waals surface area contributed by atoms with Gasteiger partial charge in [0.15, 0.2) is 11.2 Å². The first-order valence-corrected chi connectivity index (χ1v) is 4.87. The number of oxazole rings is 1. The second kappa shape index (κ2) is 3.96. The van der Waals surface area contributed by atoms with Crippen LogP contribution in [0.1, 0.15) is 25.3 Å². The van der Waals surface area contributed by atoms with E-state index >= 15 is 0 Å². The summed E-state index contributed by atoms with van der Waals surface area (Å²) in [5.41, 5.74) is 6.76. The summed E-state index contributed by atoms with van der Waals surface area (Å²) in [6.07, 6.45) is 1.41. The SMILES string of the molecule is CC[C@H](N)C(O)c1nc2ncccc2o1. The summed E-state index contributed by atoms with van der Waals surface area (Å²) in [4.78, 5) is 8.09. The van der Waals surface area contributed by atoms with E-state index in [0.29, 0.717) is 17.7 Å². The van der Waals surface area contributed by atoms with Crippen molar-refractivity contribution in [2.75, 3.05) is 0 Å². The van der Waals surface area contributed by atoms with Crippen LogP contribution in [0.4, 0.5) is 0 Å². The molecule has 0 fully saturated rings. The fourth-order valence-corrected chi connectivity index (χ4v) is 1.32. The van der Waals surface area contributed by atoms with Gasteiger partial charge in [-0.15, -0.1) is 0 Å². The lowest BCUT2D eigenvalue weighted by atomic mass is 10.1. The van der Waals surface area contributed by atoms with Gasteiger partial charge in [-0.1, -0.05) is 6.92 Å². The first-order valence-electron chi connectivity index (χ1n) is 4.87. The molecule has 2 rings (SSSR count). The molecule has 80 valence electrons. The van der Waals surface area contributed by atoms with Crippen molar-refractivity contribution in [1.82, 2.24) is 9.97 Å². The van der Waals surface area contributed by atoms with Crippen molar-refractivity contribution in [1.29, 1.82) is 0 Å². The van der Waals surface area contributed by atoms with Crippen LogP contribution in [0.25, 0.3) is 11.2 Å². The quantitative estimate of drug-likeness (QED) is 0.784. The van der Waals surface area contributed by atoms with Gasteiger partial charge in [-0.2, -0.15) is 4.98 Å². The predicted molar refractivity (Wildman–Crippen MR) is 55.0 cm³/mol. The van der Waals surface area contributed by atoms with Gasteiger partial charge >= 0.3 is 0 Å². The van der Waals surface area contributed by atoms with Crippen LogP contribution in [-0.2, 0) is 0 Å². The molecule has 0 bridgehead atoms. The predicted octanol–water partition coefficient (Wildman–Crippen LogP) is 0.993. The molecule has 5 nitrogen and oxygen atoms in total. The minimum absolute atomic E-state index is 0.234. The number of pyridine rings is 1. The van der Waals surface area contributed by atoms with Crippen LogP contribution in [0.5, 0.6) is 0 Å². The van der Waals surface area contributed by atoms with Gasteiger partial charge in [0.2, 0.25) is 5.89 Å². The Kier molecular flexibility index (Phi) is 2.66. The number of fused-ring (bicyclic) bond motifs is 1. The molecule has 0 aliphatic heterocycles. The lowest BCUT2D eigenvalue weighted by molar-refractivity contribution is 0.116. The van der Waals surface area contributed by atoms with Crippen molar-refractivity contribution < 1.29 is 9.52 Å². The molecule has 0 aromatic carbocycles. The first kappa shape index (κ1) is 10.1. The summed E-state index contributed by atoms with van der Waals surface area (Å²) in [6, 6.07) is 3.14. The van der Waals surface area contributed by atoms with E-state index in [2.05, 4.69) is 9.97 Å². The number of aliphatic hydroxyl groups is 1. The van der Waals surface area contributed by atoms with Crippen molar-refractivity contribution in [3.05, 3.63) is 24.2 Å². The lowest BCUT2D eigenvalue weighted by Crippen LogP contribution is -2.27. The van der Waals surface area contributed by atoms with E-state index in [1.165, 1.54) is 0 Å². The molecule has 2 atom stereocenters. The average molecular weight is 207 g/mol. The third kappa shape index (κ3) is 1.84. The van der Waals surface area contributed by atoms with Crippen molar-refractivity contribution in [3.63, 3.8) is 0 Å². The van der Waals surface area contributed by atoms with Crippen LogP contribution in [0.3, 0.4) is 0 Å². The summed E-state index contributed by atoms with van der Waals surface area (Å²) >= 11 is 0. The molecule has 0 spiro atoms. The Morgan fingerprint density at radius 2 is 2.40 bits per heavy atom. The first-order chi connectivity index (χ1) is 7.22. The van der Waals surface area contributed by atoms with Crippen molar-refractivity contribution in [3.8, 4) is 0 Å². The minimum Gasteiger partial charge on any atom is -0.436 e. The van der Waals surface area contributed by atoms with Crippen LogP contribution >= 0.6 is 0 Å². The maximum Gasteiger partial charge on any atom is 0.227 e. The molecule has 0 radical (unpaired) electrons. The summed E-state index contributed by atoms with van der Waals surface area (Å²) in [7, 11) is 0. The largest absolute Gasteiger partial charge is 0.436 e. The number of hydrogen-bond acceptors (Lipinski definition) is 5. The highest BCUT2D eigenvalue weighted by molar-refractivity contribution is 5.66. The molecule has 1 unspecified atom stereocenters. The van der Waals surface area contributed by atoms with Gasteiger partial charge in [0.25, 0.3) is 0 Å². The van der Waals surface area contributed by atoms with Gasteiger partial charge in [-0.25, -0.2) is 4.98 Å². The number of aromatic nitrogens is 2. The molecular formula is C10H13N3O2. The maximum absolute atomic E-state index is 9.78. The Labute approximate surface area is 86.9 Å². The molecule has 15 heavy (non-hydrogen) atoms. The average Bonchev–Trinajstić information content (AvgIpc) is 2.70. The molecule has 0 saturated heterocycles. The summed E-state index contributed by atoms with van der Waals surface area (Å²) in [5.74, 6) is 0.234. The summed E-state index contributed by atoms with van der Waals surface area (Å²) in [5, 5.41) is 9.78. The Morgan fingerprint density at radius 3 is 3.07 bits per heavy atom. The van der Waals surface area contributed by atoms with Crippen LogP contribution in [0.15, 0.2) is 22.7 Å². The molecule has 0 saturated carbocycles. The van der Waals surface area contributed by atoms with E-state index < -0.39 is 6.10 Å². The van der Waals surface area contributed by atoms with Crippen molar-refractivity contribution in [2.45, 2.75) is 25.5 Å². The molecule has 0 aliphatic rings. The molecule has 2 aromatic heterocycles.